The zero-order valence-corrected chi connectivity index (χ0v) is 11.8. The fourth-order valence-electron chi connectivity index (χ4n) is 1.94. The highest BCUT2D eigenvalue weighted by atomic mass is 35.5. The Labute approximate surface area is 121 Å². The van der Waals surface area contributed by atoms with Gasteiger partial charge < -0.3 is 9.88 Å². The molecule has 0 spiro atoms. The van der Waals surface area contributed by atoms with Gasteiger partial charge in [-0.25, -0.2) is 4.98 Å². The number of halogens is 1. The summed E-state index contributed by atoms with van der Waals surface area (Å²) in [6.45, 7) is 3.36. The predicted molar refractivity (Wildman–Crippen MR) is 78.0 cm³/mol. The van der Waals surface area contributed by atoms with Crippen molar-refractivity contribution >= 4 is 23.0 Å². The van der Waals surface area contributed by atoms with E-state index in [2.05, 4.69) is 17.2 Å². The maximum absolute atomic E-state index is 11.0. The second-order valence-corrected chi connectivity index (χ2v) is 4.75. The van der Waals surface area contributed by atoms with Gasteiger partial charge in [0.25, 0.3) is 5.69 Å². The average molecular weight is 295 g/mol. The molecular formula is C13H15ClN4O2. The van der Waals surface area contributed by atoms with Gasteiger partial charge in [-0.3, -0.25) is 10.1 Å². The summed E-state index contributed by atoms with van der Waals surface area (Å²) in [6, 6.07) is 4.44. The molecule has 1 heterocycles. The zero-order valence-electron chi connectivity index (χ0n) is 11.0. The van der Waals surface area contributed by atoms with E-state index in [4.69, 9.17) is 11.6 Å². The molecule has 6 nitrogen and oxygen atoms in total. The van der Waals surface area contributed by atoms with Gasteiger partial charge >= 0.3 is 0 Å². The summed E-state index contributed by atoms with van der Waals surface area (Å²) in [5.41, 5.74) is 0.400. The largest absolute Gasteiger partial charge is 0.372 e. The number of rotatable bonds is 6. The number of nitro groups is 1. The van der Waals surface area contributed by atoms with Gasteiger partial charge in [0.15, 0.2) is 0 Å². The van der Waals surface area contributed by atoms with Crippen molar-refractivity contribution in [3.63, 3.8) is 0 Å². The molecule has 20 heavy (non-hydrogen) atoms. The number of aryl methyl sites for hydroxylation is 1. The van der Waals surface area contributed by atoms with E-state index in [1.807, 2.05) is 10.8 Å². The van der Waals surface area contributed by atoms with E-state index in [-0.39, 0.29) is 5.69 Å². The molecule has 0 fully saturated rings. The maximum Gasteiger partial charge on any atom is 0.292 e. The van der Waals surface area contributed by atoms with Crippen LogP contribution in [0.3, 0.4) is 0 Å². The molecule has 2 rings (SSSR count). The lowest BCUT2D eigenvalue weighted by molar-refractivity contribution is -0.384. The van der Waals surface area contributed by atoms with Crippen LogP contribution in [0.15, 0.2) is 30.6 Å². The van der Waals surface area contributed by atoms with Gasteiger partial charge in [0.05, 0.1) is 11.5 Å². The van der Waals surface area contributed by atoms with E-state index in [0.717, 1.165) is 18.8 Å². The predicted octanol–water partition coefficient (Wildman–Crippen LogP) is 3.47. The SMILES string of the molecule is CCCn1ccnc1CNc1cc(Cl)ccc1[N+](=O)[O-]. The van der Waals surface area contributed by atoms with Crippen LogP contribution < -0.4 is 5.32 Å². The van der Waals surface area contributed by atoms with E-state index in [9.17, 15) is 10.1 Å². The first-order chi connectivity index (χ1) is 9.61. The van der Waals surface area contributed by atoms with E-state index < -0.39 is 4.92 Å². The Balaban J connectivity index is 2.16. The summed E-state index contributed by atoms with van der Waals surface area (Å²) in [5.74, 6) is 0.834. The van der Waals surface area contributed by atoms with Crippen LogP contribution in [0.1, 0.15) is 19.2 Å². The molecule has 2 aromatic rings. The average Bonchev–Trinajstić information content (AvgIpc) is 2.84. The van der Waals surface area contributed by atoms with Crippen LogP contribution >= 0.6 is 11.6 Å². The van der Waals surface area contributed by atoms with Crippen LogP contribution in [0.2, 0.25) is 5.02 Å². The molecule has 1 aromatic heterocycles. The van der Waals surface area contributed by atoms with Crippen LogP contribution in [0.4, 0.5) is 11.4 Å². The van der Waals surface area contributed by atoms with Gasteiger partial charge in [0.1, 0.15) is 11.5 Å². The second-order valence-electron chi connectivity index (χ2n) is 4.31. The minimum absolute atomic E-state index is 0.00278. The van der Waals surface area contributed by atoms with E-state index >= 15 is 0 Å². The normalized spacial score (nSPS) is 10.5. The highest BCUT2D eigenvalue weighted by Gasteiger charge is 2.14. The number of aromatic nitrogens is 2. The van der Waals surface area contributed by atoms with Gasteiger partial charge in [-0.2, -0.15) is 0 Å². The number of anilines is 1. The first kappa shape index (κ1) is 14.3. The third-order valence-corrected chi connectivity index (χ3v) is 3.09. The molecule has 0 radical (unpaired) electrons. The summed E-state index contributed by atoms with van der Waals surface area (Å²) >= 11 is 5.88. The second kappa shape index (κ2) is 6.38. The topological polar surface area (TPSA) is 73.0 Å². The maximum atomic E-state index is 11.0. The Morgan fingerprint density at radius 2 is 2.30 bits per heavy atom. The van der Waals surface area contributed by atoms with Crippen LogP contribution in [0.25, 0.3) is 0 Å². The monoisotopic (exact) mass is 294 g/mol. The van der Waals surface area contributed by atoms with Crippen molar-refractivity contribution in [2.75, 3.05) is 5.32 Å². The van der Waals surface area contributed by atoms with Crippen LogP contribution in [-0.2, 0) is 13.1 Å². The highest BCUT2D eigenvalue weighted by molar-refractivity contribution is 6.31. The molecule has 0 atom stereocenters. The molecule has 0 saturated heterocycles. The number of nitrogens with zero attached hydrogens (tertiary/aromatic N) is 3. The summed E-state index contributed by atoms with van der Waals surface area (Å²) in [5, 5.41) is 14.4. The Morgan fingerprint density at radius 1 is 1.50 bits per heavy atom. The van der Waals surface area contributed by atoms with Gasteiger partial charge in [0, 0.05) is 30.0 Å². The molecule has 106 valence electrons. The molecule has 0 aliphatic rings. The first-order valence-corrected chi connectivity index (χ1v) is 6.67. The minimum atomic E-state index is -0.433. The van der Waals surface area contributed by atoms with Crippen LogP contribution in [0, 0.1) is 10.1 Å². The molecule has 7 heteroatoms. The molecule has 0 aliphatic heterocycles. The van der Waals surface area contributed by atoms with E-state index in [1.54, 1.807) is 12.3 Å². The third-order valence-electron chi connectivity index (χ3n) is 2.86. The van der Waals surface area contributed by atoms with Crippen LogP contribution in [-0.4, -0.2) is 14.5 Å². The molecule has 0 unspecified atom stereocenters. The van der Waals surface area contributed by atoms with Gasteiger partial charge in [-0.15, -0.1) is 0 Å². The third kappa shape index (κ3) is 3.27. The molecule has 1 aromatic carbocycles. The molecule has 0 amide bonds. The van der Waals surface area contributed by atoms with Crippen molar-refractivity contribution < 1.29 is 4.92 Å². The van der Waals surface area contributed by atoms with Crippen molar-refractivity contribution in [2.45, 2.75) is 26.4 Å². The molecule has 0 saturated carbocycles. The number of nitrogens with one attached hydrogen (secondary N) is 1. The number of benzene rings is 1. The fraction of sp³-hybridized carbons (Fsp3) is 0.308. The summed E-state index contributed by atoms with van der Waals surface area (Å²) in [6.07, 6.45) is 4.62. The highest BCUT2D eigenvalue weighted by Crippen LogP contribution is 2.27. The Hall–Kier alpha value is -2.08. The van der Waals surface area contributed by atoms with Crippen LogP contribution in [0.5, 0.6) is 0 Å². The standard InChI is InChI=1S/C13H15ClN4O2/c1-2-6-17-7-5-15-13(17)9-16-11-8-10(14)3-4-12(11)18(19)20/h3-5,7-8,16H,2,6,9H2,1H3. The fourth-order valence-corrected chi connectivity index (χ4v) is 2.11. The van der Waals surface area contributed by atoms with Crippen molar-refractivity contribution in [3.05, 3.63) is 51.6 Å². The summed E-state index contributed by atoms with van der Waals surface area (Å²) in [4.78, 5) is 14.8. The molecule has 0 aliphatic carbocycles. The van der Waals surface area contributed by atoms with Crippen molar-refractivity contribution in [1.29, 1.82) is 0 Å². The first-order valence-electron chi connectivity index (χ1n) is 6.29. The van der Waals surface area contributed by atoms with Gasteiger partial charge in [-0.05, 0) is 18.6 Å². The Bertz CT molecular complexity index is 612. The van der Waals surface area contributed by atoms with Gasteiger partial charge in [0.2, 0.25) is 0 Å². The van der Waals surface area contributed by atoms with Crippen molar-refractivity contribution in [3.8, 4) is 0 Å². The lowest BCUT2D eigenvalue weighted by atomic mass is 10.2. The number of nitro benzene ring substituents is 1. The quantitative estimate of drug-likeness (QED) is 0.654. The summed E-state index contributed by atoms with van der Waals surface area (Å²) in [7, 11) is 0. The smallest absolute Gasteiger partial charge is 0.292 e. The summed E-state index contributed by atoms with van der Waals surface area (Å²) < 4.78 is 2.02. The zero-order chi connectivity index (χ0) is 14.5. The molecule has 1 N–H and O–H groups in total. The van der Waals surface area contributed by atoms with E-state index in [0.29, 0.717) is 17.3 Å². The Morgan fingerprint density at radius 3 is 3.00 bits per heavy atom. The van der Waals surface area contributed by atoms with Gasteiger partial charge in [-0.1, -0.05) is 18.5 Å². The number of imidazole rings is 1. The Kier molecular flexibility index (Phi) is 4.57. The molecule has 0 bridgehead atoms. The minimum Gasteiger partial charge on any atom is -0.372 e. The van der Waals surface area contributed by atoms with Crippen molar-refractivity contribution in [1.82, 2.24) is 9.55 Å². The van der Waals surface area contributed by atoms with E-state index in [1.165, 1.54) is 12.1 Å². The molecular weight excluding hydrogens is 280 g/mol. The lowest BCUT2D eigenvalue weighted by Crippen LogP contribution is -2.09. The number of hydrogen-bond donors (Lipinski definition) is 1. The lowest BCUT2D eigenvalue weighted by Gasteiger charge is -2.09. The number of hydrogen-bond acceptors (Lipinski definition) is 4. The van der Waals surface area contributed by atoms with Crippen molar-refractivity contribution in [2.24, 2.45) is 0 Å².